The van der Waals surface area contributed by atoms with Crippen LogP contribution in [-0.4, -0.2) is 28.4 Å². The number of nitrogens with zero attached hydrogens (tertiary/aromatic N) is 3. The summed E-state index contributed by atoms with van der Waals surface area (Å²) in [5, 5.41) is 7.57. The molecule has 1 fully saturated rings. The lowest BCUT2D eigenvalue weighted by Crippen LogP contribution is -2.25. The van der Waals surface area contributed by atoms with E-state index in [1.54, 1.807) is 36.5 Å². The molecule has 1 saturated carbocycles. The minimum Gasteiger partial charge on any atom is -0.481 e. The van der Waals surface area contributed by atoms with Crippen molar-refractivity contribution in [3.63, 3.8) is 0 Å². The van der Waals surface area contributed by atoms with Gasteiger partial charge in [-0.1, -0.05) is 47.3 Å². The minimum atomic E-state index is -0.526. The van der Waals surface area contributed by atoms with Gasteiger partial charge in [-0.05, 0) is 92.7 Å². The monoisotopic (exact) mass is 732 g/mol. The topological polar surface area (TPSA) is 85.6 Å². The number of amides is 1. The van der Waals surface area contributed by atoms with Crippen LogP contribution in [-0.2, 0) is 4.79 Å². The molecule has 0 unspecified atom stereocenters. The molecule has 7 nitrogen and oxygen atoms in total. The molecular formula is C29H24Br3FN4O3. The number of benzene rings is 3. The second-order valence-electron chi connectivity index (χ2n) is 9.46. The Bertz CT molecular complexity index is 1650. The van der Waals surface area contributed by atoms with Crippen molar-refractivity contribution in [3.05, 3.63) is 95.6 Å². The Kier molecular flexibility index (Phi) is 9.12. The van der Waals surface area contributed by atoms with Gasteiger partial charge in [-0.25, -0.2) is 9.37 Å². The summed E-state index contributed by atoms with van der Waals surface area (Å²) in [4.78, 5) is 30.7. The summed E-state index contributed by atoms with van der Waals surface area (Å²) in [6.07, 6.45) is 6.93. The summed E-state index contributed by atoms with van der Waals surface area (Å²) >= 11 is 10.4. The van der Waals surface area contributed by atoms with Gasteiger partial charge in [-0.2, -0.15) is 9.78 Å². The molecule has 0 aliphatic heterocycles. The van der Waals surface area contributed by atoms with Gasteiger partial charge in [0.15, 0.2) is 6.61 Å². The van der Waals surface area contributed by atoms with Crippen molar-refractivity contribution in [1.82, 2.24) is 9.66 Å². The van der Waals surface area contributed by atoms with Crippen LogP contribution >= 0.6 is 47.8 Å². The first-order valence-corrected chi connectivity index (χ1v) is 15.1. The zero-order chi connectivity index (χ0) is 28.2. The van der Waals surface area contributed by atoms with Crippen molar-refractivity contribution in [3.8, 4) is 5.75 Å². The standard InChI is InChI=1S/C29H24Br3FN4O3/c30-19-10-11-24-20(14-19)29(39)37(28(36-24)18-6-2-1-3-7-18)34-15-17-12-21(31)27(22(32)13-17)40-16-26(38)35-25-9-5-4-8-23(25)33/h4-5,8-15,18H,1-3,6-7,16H2,(H,35,38). The van der Waals surface area contributed by atoms with E-state index in [2.05, 4.69) is 58.2 Å². The highest BCUT2D eigenvalue weighted by Crippen LogP contribution is 2.35. The third-order valence-corrected chi connectivity index (χ3v) is 8.31. The Balaban J connectivity index is 1.39. The molecule has 1 N–H and O–H groups in total. The maximum atomic E-state index is 13.8. The number of rotatable bonds is 7. The number of fused-ring (bicyclic) bond motifs is 1. The molecule has 5 rings (SSSR count). The Morgan fingerprint density at radius 2 is 1.80 bits per heavy atom. The first-order chi connectivity index (χ1) is 19.3. The minimum absolute atomic E-state index is 0.0826. The first kappa shape index (κ1) is 28.6. The predicted molar refractivity (Wildman–Crippen MR) is 165 cm³/mol. The van der Waals surface area contributed by atoms with Gasteiger partial charge in [0.2, 0.25) is 0 Å². The van der Waals surface area contributed by atoms with Crippen LogP contribution in [0.4, 0.5) is 10.1 Å². The van der Waals surface area contributed by atoms with Crippen LogP contribution in [0, 0.1) is 5.82 Å². The number of para-hydroxylation sites is 1. The van der Waals surface area contributed by atoms with Gasteiger partial charge in [0.1, 0.15) is 17.4 Å². The second kappa shape index (κ2) is 12.7. The predicted octanol–water partition coefficient (Wildman–Crippen LogP) is 7.77. The lowest BCUT2D eigenvalue weighted by Gasteiger charge is -2.22. The van der Waals surface area contributed by atoms with Crippen LogP contribution in [0.25, 0.3) is 10.9 Å². The highest BCUT2D eigenvalue weighted by atomic mass is 79.9. The van der Waals surface area contributed by atoms with E-state index in [0.717, 1.165) is 30.2 Å². The van der Waals surface area contributed by atoms with Crippen LogP contribution in [0.1, 0.15) is 49.4 Å². The van der Waals surface area contributed by atoms with Crippen LogP contribution in [0.15, 0.2) is 77.9 Å². The smallest absolute Gasteiger partial charge is 0.282 e. The van der Waals surface area contributed by atoms with Crippen molar-refractivity contribution >= 4 is 76.5 Å². The fraction of sp³-hybridized carbons (Fsp3) is 0.241. The molecule has 40 heavy (non-hydrogen) atoms. The number of anilines is 1. The second-order valence-corrected chi connectivity index (χ2v) is 12.1. The maximum absolute atomic E-state index is 13.8. The molecular weight excluding hydrogens is 711 g/mol. The number of ether oxygens (including phenoxy) is 1. The van der Waals surface area contributed by atoms with Gasteiger partial charge in [0.25, 0.3) is 11.5 Å². The summed E-state index contributed by atoms with van der Waals surface area (Å²) in [5.74, 6) is 0.214. The number of hydrogen-bond acceptors (Lipinski definition) is 5. The fourth-order valence-corrected chi connectivity index (χ4v) is 6.52. The van der Waals surface area contributed by atoms with Crippen LogP contribution in [0.2, 0.25) is 0 Å². The molecule has 1 aliphatic carbocycles. The van der Waals surface area contributed by atoms with Crippen LogP contribution in [0.5, 0.6) is 5.75 Å². The highest BCUT2D eigenvalue weighted by molar-refractivity contribution is 9.11. The molecule has 0 bridgehead atoms. The van der Waals surface area contributed by atoms with Crippen molar-refractivity contribution in [1.29, 1.82) is 0 Å². The number of nitrogens with one attached hydrogen (secondary N) is 1. The first-order valence-electron chi connectivity index (χ1n) is 12.7. The van der Waals surface area contributed by atoms with Crippen molar-refractivity contribution in [2.45, 2.75) is 38.0 Å². The molecule has 4 aromatic rings. The summed E-state index contributed by atoms with van der Waals surface area (Å²) < 4.78 is 22.9. The number of hydrogen-bond donors (Lipinski definition) is 1. The van der Waals surface area contributed by atoms with Gasteiger partial charge in [0, 0.05) is 10.4 Å². The molecule has 0 spiro atoms. The number of carbonyl (C=O) groups is 1. The number of carbonyl (C=O) groups excluding carboxylic acids is 1. The summed E-state index contributed by atoms with van der Waals surface area (Å²) in [7, 11) is 0. The molecule has 1 aromatic heterocycles. The molecule has 206 valence electrons. The molecule has 1 heterocycles. The molecule has 11 heteroatoms. The Morgan fingerprint density at radius 1 is 1.07 bits per heavy atom. The normalized spacial score (nSPS) is 14.1. The molecule has 0 saturated heterocycles. The van der Waals surface area contributed by atoms with E-state index in [1.807, 2.05) is 12.1 Å². The van der Waals surface area contributed by atoms with E-state index in [9.17, 15) is 14.0 Å². The van der Waals surface area contributed by atoms with E-state index in [0.29, 0.717) is 37.0 Å². The van der Waals surface area contributed by atoms with E-state index in [-0.39, 0.29) is 23.8 Å². The van der Waals surface area contributed by atoms with Gasteiger partial charge in [-0.3, -0.25) is 9.59 Å². The van der Waals surface area contributed by atoms with Crippen LogP contribution in [0.3, 0.4) is 0 Å². The fourth-order valence-electron chi connectivity index (χ4n) is 4.71. The van der Waals surface area contributed by atoms with E-state index >= 15 is 0 Å². The van der Waals surface area contributed by atoms with Gasteiger partial charge < -0.3 is 10.1 Å². The van der Waals surface area contributed by atoms with Crippen molar-refractivity contribution in [2.24, 2.45) is 5.10 Å². The summed E-state index contributed by atoms with van der Waals surface area (Å²) in [5.41, 5.74) is 1.21. The summed E-state index contributed by atoms with van der Waals surface area (Å²) in [6, 6.07) is 15.0. The SMILES string of the molecule is O=C(COc1c(Br)cc(C=Nn2c(C3CCCCC3)nc3ccc(Br)cc3c2=O)cc1Br)Nc1ccccc1F. The molecule has 0 atom stereocenters. The van der Waals surface area contributed by atoms with Crippen molar-refractivity contribution < 1.29 is 13.9 Å². The Morgan fingerprint density at radius 3 is 2.52 bits per heavy atom. The van der Waals surface area contributed by atoms with Crippen molar-refractivity contribution in [2.75, 3.05) is 11.9 Å². The van der Waals surface area contributed by atoms with E-state index in [4.69, 9.17) is 9.72 Å². The third kappa shape index (κ3) is 6.53. The maximum Gasteiger partial charge on any atom is 0.282 e. The zero-order valence-electron chi connectivity index (χ0n) is 21.2. The lowest BCUT2D eigenvalue weighted by atomic mass is 9.88. The molecule has 3 aromatic carbocycles. The average molecular weight is 735 g/mol. The number of aromatic nitrogens is 2. The van der Waals surface area contributed by atoms with E-state index < -0.39 is 11.7 Å². The largest absolute Gasteiger partial charge is 0.481 e. The Labute approximate surface area is 255 Å². The summed E-state index contributed by atoms with van der Waals surface area (Å²) in [6.45, 7) is -0.322. The quantitative estimate of drug-likeness (QED) is 0.197. The van der Waals surface area contributed by atoms with Gasteiger partial charge in [0.05, 0.1) is 31.8 Å². The molecule has 0 radical (unpaired) electrons. The van der Waals surface area contributed by atoms with Gasteiger partial charge >= 0.3 is 0 Å². The molecule has 1 amide bonds. The Hall–Kier alpha value is -2.89. The highest BCUT2D eigenvalue weighted by Gasteiger charge is 2.22. The third-order valence-electron chi connectivity index (χ3n) is 6.64. The number of halogens is 4. The average Bonchev–Trinajstić information content (AvgIpc) is 2.94. The van der Waals surface area contributed by atoms with Crippen LogP contribution < -0.4 is 15.6 Å². The lowest BCUT2D eigenvalue weighted by molar-refractivity contribution is -0.118. The zero-order valence-corrected chi connectivity index (χ0v) is 25.9. The van der Waals surface area contributed by atoms with Gasteiger partial charge in [-0.15, -0.1) is 0 Å². The van der Waals surface area contributed by atoms with E-state index in [1.165, 1.54) is 23.2 Å². The molecule has 1 aliphatic rings.